The first-order valence-electron chi connectivity index (χ1n) is 10.2. The monoisotopic (exact) mass is 430 g/mol. The van der Waals surface area contributed by atoms with Gasteiger partial charge in [0, 0.05) is 12.2 Å². The lowest BCUT2D eigenvalue weighted by Gasteiger charge is -2.20. The van der Waals surface area contributed by atoms with E-state index in [1.54, 1.807) is 67.6 Å². The normalized spacial score (nSPS) is 12.8. The van der Waals surface area contributed by atoms with Gasteiger partial charge in [-0.05, 0) is 31.2 Å². The van der Waals surface area contributed by atoms with Crippen molar-refractivity contribution in [1.29, 1.82) is 0 Å². The van der Waals surface area contributed by atoms with Gasteiger partial charge >= 0.3 is 19.0 Å². The molecule has 0 aliphatic heterocycles. The molecule has 0 aliphatic rings. The highest BCUT2D eigenvalue weighted by Crippen LogP contribution is 2.25. The van der Waals surface area contributed by atoms with Crippen molar-refractivity contribution >= 4 is 29.5 Å². The zero-order valence-electron chi connectivity index (χ0n) is 17.9. The van der Waals surface area contributed by atoms with E-state index in [0.29, 0.717) is 23.9 Å². The van der Waals surface area contributed by atoms with E-state index in [9.17, 15) is 18.0 Å². The molecule has 0 heterocycles. The maximum absolute atomic E-state index is 14.2. The first-order chi connectivity index (χ1) is 14.8. The van der Waals surface area contributed by atoms with Gasteiger partial charge in [-0.25, -0.2) is 4.79 Å². The summed E-state index contributed by atoms with van der Waals surface area (Å²) in [6.45, 7) is 4.29. The molecule has 164 valence electrons. The largest absolute Gasteiger partial charge is 0.462 e. The second-order valence-electron chi connectivity index (χ2n) is 6.85. The summed E-state index contributed by atoms with van der Waals surface area (Å²) in [6.07, 6.45) is -4.18. The molecule has 0 fully saturated rings. The highest BCUT2D eigenvalue weighted by atomic mass is 19.4. The highest BCUT2D eigenvalue weighted by Gasteiger charge is 2.43. The average molecular weight is 430 g/mol. The Hall–Kier alpha value is -3.03. The number of nitrogens with one attached hydrogen (secondary N) is 1. The van der Waals surface area contributed by atoms with Crippen molar-refractivity contribution in [1.82, 2.24) is 5.32 Å². The van der Waals surface area contributed by atoms with Gasteiger partial charge in [0.1, 0.15) is 11.3 Å². The summed E-state index contributed by atoms with van der Waals surface area (Å²) in [4.78, 5) is 16.7. The molecule has 0 saturated heterocycles. The second-order valence-corrected chi connectivity index (χ2v) is 6.85. The number of hydrogen-bond acceptors (Lipinski definition) is 4. The molecule has 0 amide bonds. The van der Waals surface area contributed by atoms with E-state index in [0.717, 1.165) is 0 Å². The van der Waals surface area contributed by atoms with Crippen LogP contribution in [0, 0.1) is 0 Å². The molecule has 0 aromatic heterocycles. The van der Waals surface area contributed by atoms with Gasteiger partial charge < -0.3 is 15.0 Å². The van der Waals surface area contributed by atoms with E-state index in [4.69, 9.17) is 4.74 Å². The molecule has 8 heteroatoms. The first kappa shape index (κ1) is 24.2. The molecular formula is C23H26BF3N2O2. The first-order valence-corrected chi connectivity index (χ1v) is 10.2. The van der Waals surface area contributed by atoms with Crippen LogP contribution in [0.4, 0.5) is 13.2 Å². The molecular weight excluding hydrogens is 404 g/mol. The predicted octanol–water partition coefficient (Wildman–Crippen LogP) is 3.63. The van der Waals surface area contributed by atoms with E-state index < -0.39 is 30.3 Å². The van der Waals surface area contributed by atoms with Crippen molar-refractivity contribution in [2.45, 2.75) is 33.4 Å². The smallest absolute Gasteiger partial charge is 0.432 e. The molecule has 0 atom stereocenters. The van der Waals surface area contributed by atoms with Crippen molar-refractivity contribution in [3.8, 4) is 0 Å². The number of esters is 1. The topological polar surface area (TPSA) is 50.7 Å². The van der Waals surface area contributed by atoms with Crippen LogP contribution >= 0.6 is 0 Å². The molecule has 2 aromatic rings. The van der Waals surface area contributed by atoms with Crippen LogP contribution in [0.1, 0.15) is 27.2 Å². The van der Waals surface area contributed by atoms with Crippen LogP contribution in [0.5, 0.6) is 0 Å². The Morgan fingerprint density at radius 1 is 1.00 bits per heavy atom. The highest BCUT2D eigenvalue weighted by molar-refractivity contribution is 6.84. The molecule has 0 spiro atoms. The number of ether oxygens (including phenoxy) is 1. The lowest BCUT2D eigenvalue weighted by atomic mass is 9.51. The van der Waals surface area contributed by atoms with Crippen LogP contribution < -0.4 is 16.2 Å². The fourth-order valence-corrected chi connectivity index (χ4v) is 3.05. The quantitative estimate of drug-likeness (QED) is 0.286. The van der Waals surface area contributed by atoms with Gasteiger partial charge in [-0.1, -0.05) is 67.6 Å². The van der Waals surface area contributed by atoms with Crippen LogP contribution in [0.3, 0.4) is 0 Å². The van der Waals surface area contributed by atoms with Crippen molar-refractivity contribution in [2.75, 3.05) is 13.2 Å². The molecule has 31 heavy (non-hydrogen) atoms. The van der Waals surface area contributed by atoms with Gasteiger partial charge in [0.2, 0.25) is 0 Å². The minimum Gasteiger partial charge on any atom is -0.462 e. The zero-order chi connectivity index (χ0) is 22.9. The Kier molecular flexibility index (Phi) is 8.91. The third kappa shape index (κ3) is 6.74. The number of carbonyl (C=O) groups excluding carboxylic acids is 1. The van der Waals surface area contributed by atoms with Gasteiger partial charge in [-0.2, -0.15) is 13.2 Å². The Labute approximate surface area is 181 Å². The fourth-order valence-electron chi connectivity index (χ4n) is 3.05. The summed E-state index contributed by atoms with van der Waals surface area (Å²) in [6, 6.07) is 17.4. The number of halogens is 3. The zero-order valence-corrected chi connectivity index (χ0v) is 17.9. The predicted molar refractivity (Wildman–Crippen MR) is 119 cm³/mol. The van der Waals surface area contributed by atoms with Crippen molar-refractivity contribution in [2.24, 2.45) is 4.90 Å². The number of nitrogens with zero attached hydrogens (tertiary/aromatic N) is 1. The number of allylic oxidation sites excluding steroid dienone is 1. The molecule has 0 unspecified atom stereocenters. The van der Waals surface area contributed by atoms with E-state index in [1.165, 1.54) is 6.92 Å². The molecule has 0 bridgehead atoms. The SMILES string of the molecule is CCCN/C(C)=C(C(=O)OCC)/C(=N/B(c1ccccc1)c1ccccc1)C(F)(F)F. The molecule has 2 rings (SSSR count). The number of carbonyl (C=O) groups is 1. The number of rotatable bonds is 9. The average Bonchev–Trinajstić information content (AvgIpc) is 2.75. The van der Waals surface area contributed by atoms with E-state index in [1.807, 2.05) is 6.92 Å². The number of benzene rings is 2. The Balaban J connectivity index is 2.73. The van der Waals surface area contributed by atoms with Crippen LogP contribution in [-0.2, 0) is 9.53 Å². The van der Waals surface area contributed by atoms with Crippen molar-refractivity contribution in [3.63, 3.8) is 0 Å². The molecule has 0 aliphatic carbocycles. The Morgan fingerprint density at radius 3 is 1.94 bits per heavy atom. The summed E-state index contributed by atoms with van der Waals surface area (Å²) in [5.74, 6) is -1.06. The second kappa shape index (κ2) is 11.4. The molecule has 0 saturated carbocycles. The number of alkyl halides is 3. The van der Waals surface area contributed by atoms with Gasteiger partial charge in [-0.15, -0.1) is 0 Å². The van der Waals surface area contributed by atoms with Gasteiger partial charge in [0.05, 0.1) is 6.61 Å². The van der Waals surface area contributed by atoms with E-state index >= 15 is 0 Å². The minimum absolute atomic E-state index is 0.0463. The van der Waals surface area contributed by atoms with Crippen LogP contribution in [0.2, 0.25) is 0 Å². The van der Waals surface area contributed by atoms with Crippen LogP contribution in [0.25, 0.3) is 0 Å². The van der Waals surface area contributed by atoms with Crippen molar-refractivity contribution < 1.29 is 22.7 Å². The Morgan fingerprint density at radius 2 is 1.52 bits per heavy atom. The maximum atomic E-state index is 14.2. The van der Waals surface area contributed by atoms with Crippen LogP contribution in [0.15, 0.2) is 76.8 Å². The third-order valence-corrected chi connectivity index (χ3v) is 4.49. The Bertz CT molecular complexity index is 874. The lowest BCUT2D eigenvalue weighted by molar-refractivity contribution is -0.138. The summed E-state index contributed by atoms with van der Waals surface area (Å²) in [5.41, 5.74) is -0.615. The molecule has 4 nitrogen and oxygen atoms in total. The van der Waals surface area contributed by atoms with Crippen LogP contribution in [-0.4, -0.2) is 37.9 Å². The molecule has 1 N–H and O–H groups in total. The van der Waals surface area contributed by atoms with Gasteiger partial charge in [-0.3, -0.25) is 0 Å². The van der Waals surface area contributed by atoms with E-state index in [-0.39, 0.29) is 12.3 Å². The summed E-state index contributed by atoms with van der Waals surface area (Å²) in [7, 11) is 0. The maximum Gasteiger partial charge on any atom is 0.432 e. The number of hydrogen-bond donors (Lipinski definition) is 1. The molecule has 2 aromatic carbocycles. The third-order valence-electron chi connectivity index (χ3n) is 4.49. The standard InChI is InChI=1S/C23H26BF3N2O2/c1-4-16-28-17(3)20(22(30)31-5-2)21(23(25,26)27)29-24(18-12-8-6-9-13-18)19-14-10-7-11-15-19/h6-15,28H,4-5,16H2,1-3H3/b20-17-,29-21-. The minimum atomic E-state index is -4.86. The van der Waals surface area contributed by atoms with Gasteiger partial charge in [0.25, 0.3) is 0 Å². The van der Waals surface area contributed by atoms with Gasteiger partial charge in [0.15, 0.2) is 0 Å². The summed E-state index contributed by atoms with van der Waals surface area (Å²) in [5, 5.41) is 2.88. The summed E-state index contributed by atoms with van der Waals surface area (Å²) >= 11 is 0. The fraction of sp³-hybridized carbons (Fsp3) is 0.304. The van der Waals surface area contributed by atoms with E-state index in [2.05, 4.69) is 10.2 Å². The summed E-state index contributed by atoms with van der Waals surface area (Å²) < 4.78 is 47.7. The lowest BCUT2D eigenvalue weighted by Crippen LogP contribution is -2.44. The molecule has 0 radical (unpaired) electrons. The van der Waals surface area contributed by atoms with Crippen molar-refractivity contribution in [3.05, 3.63) is 71.9 Å².